The number of anilines is 1. The van der Waals surface area contributed by atoms with Gasteiger partial charge in [0.05, 0.1) is 24.6 Å². The van der Waals surface area contributed by atoms with Crippen molar-refractivity contribution in [2.75, 3.05) is 24.6 Å². The van der Waals surface area contributed by atoms with Crippen molar-refractivity contribution in [1.29, 1.82) is 0 Å². The second-order valence-electron chi connectivity index (χ2n) is 8.63. The summed E-state index contributed by atoms with van der Waals surface area (Å²) in [5.41, 5.74) is 3.39. The number of halogens is 1. The van der Waals surface area contributed by atoms with Gasteiger partial charge in [-0.2, -0.15) is 0 Å². The minimum absolute atomic E-state index is 0.0963. The predicted molar refractivity (Wildman–Crippen MR) is 124 cm³/mol. The summed E-state index contributed by atoms with van der Waals surface area (Å²) >= 11 is 0. The van der Waals surface area contributed by atoms with Crippen LogP contribution in [0.2, 0.25) is 0 Å². The third kappa shape index (κ3) is 4.41. The molecule has 2 aliphatic rings. The molecule has 0 saturated carbocycles. The summed E-state index contributed by atoms with van der Waals surface area (Å²) in [6, 6.07) is 12.6. The Bertz CT molecular complexity index is 1270. The predicted octanol–water partition coefficient (Wildman–Crippen LogP) is 3.60. The van der Waals surface area contributed by atoms with Crippen LogP contribution < -0.4 is 4.90 Å². The van der Waals surface area contributed by atoms with Gasteiger partial charge in [0.2, 0.25) is 11.8 Å². The SMILES string of the molecule is CCOC(=O)c1ccc(N2CC(C(=O)N3CCc4c(noc4-c4ccc(F)cc4)C3)CC2=O)cc1. The molecule has 1 saturated heterocycles. The second-order valence-corrected chi connectivity index (χ2v) is 8.63. The van der Waals surface area contributed by atoms with Crippen molar-refractivity contribution in [3.05, 3.63) is 71.2 Å². The van der Waals surface area contributed by atoms with Gasteiger partial charge in [0.15, 0.2) is 5.76 Å². The minimum atomic E-state index is -0.461. The van der Waals surface area contributed by atoms with Gasteiger partial charge in [-0.05, 0) is 61.9 Å². The lowest BCUT2D eigenvalue weighted by molar-refractivity contribution is -0.136. The van der Waals surface area contributed by atoms with E-state index in [0.29, 0.717) is 42.2 Å². The summed E-state index contributed by atoms with van der Waals surface area (Å²) in [4.78, 5) is 41.1. The molecule has 0 spiro atoms. The highest BCUT2D eigenvalue weighted by atomic mass is 19.1. The molecule has 180 valence electrons. The lowest BCUT2D eigenvalue weighted by Crippen LogP contribution is -2.40. The van der Waals surface area contributed by atoms with E-state index in [1.165, 1.54) is 12.1 Å². The first-order valence-electron chi connectivity index (χ1n) is 11.5. The number of ether oxygens (including phenoxy) is 1. The maximum Gasteiger partial charge on any atom is 0.338 e. The van der Waals surface area contributed by atoms with Crippen molar-refractivity contribution in [2.24, 2.45) is 5.92 Å². The fraction of sp³-hybridized carbons (Fsp3) is 0.308. The maximum absolute atomic E-state index is 13.3. The molecule has 2 aliphatic heterocycles. The molecule has 0 aliphatic carbocycles. The molecule has 1 fully saturated rings. The average Bonchev–Trinajstić information content (AvgIpc) is 3.47. The third-order valence-corrected chi connectivity index (χ3v) is 6.42. The van der Waals surface area contributed by atoms with Gasteiger partial charge in [-0.3, -0.25) is 9.59 Å². The lowest BCUT2D eigenvalue weighted by atomic mass is 9.99. The van der Waals surface area contributed by atoms with E-state index in [9.17, 15) is 18.8 Å². The zero-order valence-corrected chi connectivity index (χ0v) is 19.2. The molecule has 35 heavy (non-hydrogen) atoms. The lowest BCUT2D eigenvalue weighted by Gasteiger charge is -2.28. The number of carbonyl (C=O) groups is 3. The molecular weight excluding hydrogens is 453 g/mol. The Balaban J connectivity index is 1.25. The van der Waals surface area contributed by atoms with E-state index in [1.807, 2.05) is 0 Å². The van der Waals surface area contributed by atoms with Crippen LogP contribution >= 0.6 is 0 Å². The molecule has 1 unspecified atom stereocenters. The molecule has 3 aromatic rings. The molecule has 0 N–H and O–H groups in total. The number of hydrogen-bond acceptors (Lipinski definition) is 6. The average molecular weight is 477 g/mol. The number of benzene rings is 2. The smallest absolute Gasteiger partial charge is 0.338 e. The minimum Gasteiger partial charge on any atom is -0.462 e. The molecule has 2 aromatic carbocycles. The standard InChI is InChI=1S/C26H24FN3O5/c1-2-34-26(33)17-5-9-20(10-6-17)30-14-18(13-23(30)31)25(32)29-12-11-21-22(15-29)28-35-24(21)16-3-7-19(27)8-4-16/h3-10,18H,2,11-15H2,1H3. The van der Waals surface area contributed by atoms with E-state index in [4.69, 9.17) is 9.26 Å². The van der Waals surface area contributed by atoms with Crippen molar-refractivity contribution >= 4 is 23.5 Å². The molecule has 3 heterocycles. The molecule has 5 rings (SSSR count). The Morgan fingerprint density at radius 3 is 2.60 bits per heavy atom. The third-order valence-electron chi connectivity index (χ3n) is 6.42. The summed E-state index contributed by atoms with van der Waals surface area (Å²) in [7, 11) is 0. The van der Waals surface area contributed by atoms with Crippen LogP contribution in [0.3, 0.4) is 0 Å². The van der Waals surface area contributed by atoms with E-state index < -0.39 is 11.9 Å². The van der Waals surface area contributed by atoms with Crippen molar-refractivity contribution in [3.63, 3.8) is 0 Å². The van der Waals surface area contributed by atoms with Crippen LogP contribution in [0.1, 0.15) is 35.0 Å². The van der Waals surface area contributed by atoms with Crippen LogP contribution in [-0.4, -0.2) is 47.5 Å². The first-order chi connectivity index (χ1) is 16.9. The number of hydrogen-bond donors (Lipinski definition) is 0. The zero-order chi connectivity index (χ0) is 24.5. The highest BCUT2D eigenvalue weighted by Gasteiger charge is 2.39. The maximum atomic E-state index is 13.3. The topological polar surface area (TPSA) is 92.9 Å². The highest BCUT2D eigenvalue weighted by molar-refractivity contribution is 6.00. The number of rotatable bonds is 5. The Morgan fingerprint density at radius 2 is 1.89 bits per heavy atom. The fourth-order valence-corrected chi connectivity index (χ4v) is 4.62. The van der Waals surface area contributed by atoms with E-state index in [0.717, 1.165) is 11.1 Å². The van der Waals surface area contributed by atoms with E-state index >= 15 is 0 Å². The van der Waals surface area contributed by atoms with Crippen molar-refractivity contribution < 1.29 is 28.0 Å². The van der Waals surface area contributed by atoms with Gasteiger partial charge in [-0.15, -0.1) is 0 Å². The molecule has 1 aromatic heterocycles. The van der Waals surface area contributed by atoms with Crippen LogP contribution in [0, 0.1) is 11.7 Å². The Kier molecular flexibility index (Phi) is 6.07. The summed E-state index contributed by atoms with van der Waals surface area (Å²) in [6.45, 7) is 3.09. The first kappa shape index (κ1) is 22.8. The van der Waals surface area contributed by atoms with Crippen molar-refractivity contribution in [2.45, 2.75) is 26.3 Å². The normalized spacial score (nSPS) is 17.4. The molecule has 0 bridgehead atoms. The molecule has 9 heteroatoms. The molecule has 1 atom stereocenters. The number of nitrogens with zero attached hydrogens (tertiary/aromatic N) is 3. The van der Waals surface area contributed by atoms with Crippen LogP contribution in [0.5, 0.6) is 0 Å². The summed E-state index contributed by atoms with van der Waals surface area (Å²) < 4.78 is 23.8. The quantitative estimate of drug-likeness (QED) is 0.522. The summed E-state index contributed by atoms with van der Waals surface area (Å²) in [6.07, 6.45) is 0.693. The van der Waals surface area contributed by atoms with Gasteiger partial charge >= 0.3 is 5.97 Å². The molecule has 0 radical (unpaired) electrons. The number of fused-ring (bicyclic) bond motifs is 1. The largest absolute Gasteiger partial charge is 0.462 e. The van der Waals surface area contributed by atoms with Gasteiger partial charge in [0.1, 0.15) is 11.5 Å². The van der Waals surface area contributed by atoms with Gasteiger partial charge in [0, 0.05) is 36.3 Å². The van der Waals surface area contributed by atoms with Gasteiger partial charge < -0.3 is 19.1 Å². The second kappa shape index (κ2) is 9.32. The van der Waals surface area contributed by atoms with E-state index in [-0.39, 0.29) is 37.2 Å². The Morgan fingerprint density at radius 1 is 1.14 bits per heavy atom. The fourth-order valence-electron chi connectivity index (χ4n) is 4.62. The summed E-state index contributed by atoms with van der Waals surface area (Å²) in [5.74, 6) is -0.836. The first-order valence-corrected chi connectivity index (χ1v) is 11.5. The zero-order valence-electron chi connectivity index (χ0n) is 19.2. The number of carbonyl (C=O) groups excluding carboxylic acids is 3. The van der Waals surface area contributed by atoms with Crippen LogP contribution in [0.15, 0.2) is 53.1 Å². The Hall–Kier alpha value is -4.01. The monoisotopic (exact) mass is 477 g/mol. The van der Waals surface area contributed by atoms with E-state index in [1.54, 1.807) is 53.1 Å². The highest BCUT2D eigenvalue weighted by Crippen LogP contribution is 2.32. The van der Waals surface area contributed by atoms with Crippen LogP contribution in [0.25, 0.3) is 11.3 Å². The van der Waals surface area contributed by atoms with Gasteiger partial charge in [-0.25, -0.2) is 9.18 Å². The van der Waals surface area contributed by atoms with Gasteiger partial charge in [-0.1, -0.05) is 5.16 Å². The van der Waals surface area contributed by atoms with Crippen molar-refractivity contribution in [1.82, 2.24) is 10.1 Å². The van der Waals surface area contributed by atoms with E-state index in [2.05, 4.69) is 5.16 Å². The van der Waals surface area contributed by atoms with Gasteiger partial charge in [0.25, 0.3) is 0 Å². The van der Waals surface area contributed by atoms with Crippen molar-refractivity contribution in [3.8, 4) is 11.3 Å². The van der Waals surface area contributed by atoms with Crippen LogP contribution in [-0.2, 0) is 27.3 Å². The Labute approximate surface area is 201 Å². The molecular formula is C26H24FN3O5. The number of esters is 1. The molecule has 8 nitrogen and oxygen atoms in total. The van der Waals surface area contributed by atoms with Crippen LogP contribution in [0.4, 0.5) is 10.1 Å². The number of aromatic nitrogens is 1. The number of amides is 2. The summed E-state index contributed by atoms with van der Waals surface area (Å²) in [5, 5.41) is 4.15. The molecule has 2 amide bonds.